The van der Waals surface area contributed by atoms with Gasteiger partial charge < -0.3 is 24.0 Å². The van der Waals surface area contributed by atoms with Crippen molar-refractivity contribution in [3.05, 3.63) is 54.1 Å². The molecule has 0 aromatic heterocycles. The maximum atomic E-state index is 12.9. The van der Waals surface area contributed by atoms with Gasteiger partial charge in [-0.1, -0.05) is 12.1 Å². The first-order valence-electron chi connectivity index (χ1n) is 9.97. The molecule has 1 unspecified atom stereocenters. The average Bonchev–Trinajstić information content (AvgIpc) is 3.25. The summed E-state index contributed by atoms with van der Waals surface area (Å²) in [5.74, 6) is 1.35. The van der Waals surface area contributed by atoms with Crippen LogP contribution in [-0.2, 0) is 16.1 Å². The van der Waals surface area contributed by atoms with Gasteiger partial charge in [0.25, 0.3) is 5.91 Å². The molecule has 0 radical (unpaired) electrons. The van der Waals surface area contributed by atoms with Crippen LogP contribution in [0.15, 0.2) is 48.5 Å². The van der Waals surface area contributed by atoms with E-state index in [0.717, 1.165) is 36.4 Å². The number of methoxy groups -OCH3 is 1. The van der Waals surface area contributed by atoms with Gasteiger partial charge in [0.05, 0.1) is 13.2 Å². The Hall–Kier alpha value is -2.73. The number of carbonyl (C=O) groups excluding carboxylic acids is 1. The van der Waals surface area contributed by atoms with Gasteiger partial charge in [0.1, 0.15) is 11.5 Å². The van der Waals surface area contributed by atoms with Crippen LogP contribution in [0.25, 0.3) is 0 Å². The van der Waals surface area contributed by atoms with E-state index in [2.05, 4.69) is 29.2 Å². The van der Waals surface area contributed by atoms with E-state index in [1.54, 1.807) is 19.2 Å². The number of nitrogens with zero attached hydrogens (tertiary/aromatic N) is 2. The van der Waals surface area contributed by atoms with Crippen LogP contribution in [0.4, 0.5) is 5.69 Å². The highest BCUT2D eigenvalue weighted by Gasteiger charge is 2.23. The molecule has 0 bridgehead atoms. The summed E-state index contributed by atoms with van der Waals surface area (Å²) in [4.78, 5) is 16.8. The second-order valence-corrected chi connectivity index (χ2v) is 7.43. The van der Waals surface area contributed by atoms with Crippen molar-refractivity contribution in [3.8, 4) is 11.5 Å². The highest BCUT2D eigenvalue weighted by Crippen LogP contribution is 2.19. The largest absolute Gasteiger partial charge is 0.497 e. The Morgan fingerprint density at radius 1 is 1.07 bits per heavy atom. The van der Waals surface area contributed by atoms with Crippen molar-refractivity contribution in [2.75, 3.05) is 45.9 Å². The second kappa shape index (κ2) is 10.2. The molecular weight excluding hydrogens is 368 g/mol. The van der Waals surface area contributed by atoms with Crippen LogP contribution in [0.2, 0.25) is 0 Å². The molecule has 0 saturated carbocycles. The summed E-state index contributed by atoms with van der Waals surface area (Å²) in [6.07, 6.45) is 2.14. The Kier molecular flexibility index (Phi) is 7.36. The fourth-order valence-electron chi connectivity index (χ4n) is 3.32. The zero-order valence-corrected chi connectivity index (χ0v) is 17.5. The summed E-state index contributed by atoms with van der Waals surface area (Å²) >= 11 is 0. The zero-order chi connectivity index (χ0) is 20.6. The first kappa shape index (κ1) is 21.0. The van der Waals surface area contributed by atoms with Crippen LogP contribution in [-0.4, -0.2) is 57.9 Å². The number of anilines is 1. The summed E-state index contributed by atoms with van der Waals surface area (Å²) in [6.45, 7) is 1.89. The lowest BCUT2D eigenvalue weighted by atomic mass is 10.1. The van der Waals surface area contributed by atoms with E-state index < -0.39 is 0 Å². The van der Waals surface area contributed by atoms with Crippen molar-refractivity contribution < 1.29 is 19.0 Å². The van der Waals surface area contributed by atoms with E-state index in [4.69, 9.17) is 14.2 Å². The minimum Gasteiger partial charge on any atom is -0.497 e. The van der Waals surface area contributed by atoms with Gasteiger partial charge in [0, 0.05) is 39.5 Å². The molecule has 156 valence electrons. The minimum atomic E-state index is -0.0481. The van der Waals surface area contributed by atoms with E-state index >= 15 is 0 Å². The number of ether oxygens (including phenoxy) is 3. The predicted molar refractivity (Wildman–Crippen MR) is 114 cm³/mol. The third-order valence-electron chi connectivity index (χ3n) is 5.05. The van der Waals surface area contributed by atoms with Crippen molar-refractivity contribution in [2.24, 2.45) is 0 Å². The van der Waals surface area contributed by atoms with E-state index in [-0.39, 0.29) is 18.6 Å². The summed E-state index contributed by atoms with van der Waals surface area (Å²) < 4.78 is 16.6. The summed E-state index contributed by atoms with van der Waals surface area (Å²) in [6, 6.07) is 15.5. The Bertz CT molecular complexity index is 768. The number of hydrogen-bond acceptors (Lipinski definition) is 5. The highest BCUT2D eigenvalue weighted by atomic mass is 16.5. The van der Waals surface area contributed by atoms with Crippen LogP contribution in [0.3, 0.4) is 0 Å². The molecule has 1 fully saturated rings. The fourth-order valence-corrected chi connectivity index (χ4v) is 3.32. The van der Waals surface area contributed by atoms with Gasteiger partial charge in [-0.05, 0) is 54.8 Å². The van der Waals surface area contributed by atoms with Gasteiger partial charge in [0.15, 0.2) is 6.61 Å². The summed E-state index contributed by atoms with van der Waals surface area (Å²) in [7, 11) is 5.64. The Morgan fingerprint density at radius 3 is 2.34 bits per heavy atom. The topological polar surface area (TPSA) is 51.2 Å². The molecule has 3 rings (SSSR count). The average molecular weight is 399 g/mol. The molecular formula is C23H30N2O4. The van der Waals surface area contributed by atoms with E-state index in [9.17, 15) is 4.79 Å². The van der Waals surface area contributed by atoms with Gasteiger partial charge in [-0.3, -0.25) is 4.79 Å². The van der Waals surface area contributed by atoms with Crippen LogP contribution < -0.4 is 14.4 Å². The molecule has 1 aliphatic rings. The highest BCUT2D eigenvalue weighted by molar-refractivity contribution is 5.77. The molecule has 2 aromatic rings. The molecule has 1 saturated heterocycles. The molecule has 1 atom stereocenters. The lowest BCUT2D eigenvalue weighted by Gasteiger charge is -2.26. The van der Waals surface area contributed by atoms with Gasteiger partial charge in [-0.2, -0.15) is 0 Å². The van der Waals surface area contributed by atoms with Crippen LogP contribution in [0.1, 0.15) is 18.4 Å². The molecule has 0 aliphatic carbocycles. The van der Waals surface area contributed by atoms with Crippen molar-refractivity contribution in [1.82, 2.24) is 4.90 Å². The van der Waals surface area contributed by atoms with Gasteiger partial charge >= 0.3 is 0 Å². The standard InChI is InChI=1S/C23H30N2O4/c1-24(2)19-8-6-18(7-9-19)15-25(16-22-5-4-14-28-22)23(26)17-29-21-12-10-20(27-3)11-13-21/h6-13,22H,4-5,14-17H2,1-3H3. The monoisotopic (exact) mass is 398 g/mol. The molecule has 0 spiro atoms. The number of amides is 1. The normalized spacial score (nSPS) is 15.8. The van der Waals surface area contributed by atoms with Crippen LogP contribution >= 0.6 is 0 Å². The first-order chi connectivity index (χ1) is 14.0. The van der Waals surface area contributed by atoms with Gasteiger partial charge in [-0.15, -0.1) is 0 Å². The number of benzene rings is 2. The summed E-state index contributed by atoms with van der Waals surface area (Å²) in [5, 5.41) is 0. The Balaban J connectivity index is 1.63. The minimum absolute atomic E-state index is 0.00513. The maximum absolute atomic E-state index is 12.9. The number of rotatable bonds is 9. The molecule has 1 amide bonds. The first-order valence-corrected chi connectivity index (χ1v) is 9.97. The SMILES string of the molecule is COc1ccc(OCC(=O)N(Cc2ccc(N(C)C)cc2)CC2CCCO2)cc1. The number of hydrogen-bond donors (Lipinski definition) is 0. The van der Waals surface area contributed by atoms with Crippen molar-refractivity contribution in [2.45, 2.75) is 25.5 Å². The van der Waals surface area contributed by atoms with Gasteiger partial charge in [-0.25, -0.2) is 0 Å². The summed E-state index contributed by atoms with van der Waals surface area (Å²) in [5.41, 5.74) is 2.22. The van der Waals surface area contributed by atoms with E-state index in [1.165, 1.54) is 0 Å². The third kappa shape index (κ3) is 6.12. The van der Waals surface area contributed by atoms with Crippen molar-refractivity contribution in [1.29, 1.82) is 0 Å². The third-order valence-corrected chi connectivity index (χ3v) is 5.05. The fraction of sp³-hybridized carbons (Fsp3) is 0.435. The Labute approximate surface area is 173 Å². The molecule has 6 heteroatoms. The molecule has 6 nitrogen and oxygen atoms in total. The molecule has 1 heterocycles. The predicted octanol–water partition coefficient (Wildman–Crippen LogP) is 3.35. The Morgan fingerprint density at radius 2 is 1.76 bits per heavy atom. The van der Waals surface area contributed by atoms with Crippen LogP contribution in [0, 0.1) is 0 Å². The second-order valence-electron chi connectivity index (χ2n) is 7.43. The van der Waals surface area contributed by atoms with Crippen LogP contribution in [0.5, 0.6) is 11.5 Å². The number of carbonyl (C=O) groups is 1. The molecule has 29 heavy (non-hydrogen) atoms. The smallest absolute Gasteiger partial charge is 0.260 e. The molecule has 1 aliphatic heterocycles. The van der Waals surface area contributed by atoms with Crippen molar-refractivity contribution >= 4 is 11.6 Å². The lowest BCUT2D eigenvalue weighted by Crippen LogP contribution is -2.39. The quantitative estimate of drug-likeness (QED) is 0.648. The lowest BCUT2D eigenvalue weighted by molar-refractivity contribution is -0.135. The van der Waals surface area contributed by atoms with E-state index in [1.807, 2.05) is 31.1 Å². The maximum Gasteiger partial charge on any atom is 0.260 e. The van der Waals surface area contributed by atoms with E-state index in [0.29, 0.717) is 18.8 Å². The zero-order valence-electron chi connectivity index (χ0n) is 17.5. The molecule has 0 N–H and O–H groups in total. The van der Waals surface area contributed by atoms with Gasteiger partial charge in [0.2, 0.25) is 0 Å². The van der Waals surface area contributed by atoms with Crippen molar-refractivity contribution in [3.63, 3.8) is 0 Å². The molecule has 2 aromatic carbocycles.